The highest BCUT2D eigenvalue weighted by molar-refractivity contribution is 7.99. The van der Waals surface area contributed by atoms with Crippen molar-refractivity contribution in [3.8, 4) is 0 Å². The summed E-state index contributed by atoms with van der Waals surface area (Å²) in [6, 6.07) is 0. The highest BCUT2D eigenvalue weighted by Gasteiger charge is 2.27. The van der Waals surface area contributed by atoms with Crippen molar-refractivity contribution in [2.45, 2.75) is 6.42 Å². The number of thioether (sulfide) groups is 1. The molecule has 0 aliphatic carbocycles. The molecule has 0 aromatic carbocycles. The van der Waals surface area contributed by atoms with E-state index in [0.717, 1.165) is 26.2 Å². The second-order valence-corrected chi connectivity index (χ2v) is 5.21. The summed E-state index contributed by atoms with van der Waals surface area (Å²) >= 11 is 1.98. The number of carbonyl (C=O) groups excluding carboxylic acids is 2. The van der Waals surface area contributed by atoms with Crippen LogP contribution in [-0.4, -0.2) is 65.7 Å². The number of rotatable bonds is 3. The molecule has 15 heavy (non-hydrogen) atoms. The Hall–Kier alpha value is -0.550. The SMILES string of the molecule is O=C1CC(=O)N(CCN2CCSCC2)C1. The van der Waals surface area contributed by atoms with Crippen LogP contribution in [0.25, 0.3) is 0 Å². The maximum atomic E-state index is 11.3. The van der Waals surface area contributed by atoms with Crippen LogP contribution in [0.15, 0.2) is 0 Å². The molecule has 0 saturated carbocycles. The van der Waals surface area contributed by atoms with E-state index in [1.807, 2.05) is 11.8 Å². The Kier molecular flexibility index (Phi) is 3.64. The van der Waals surface area contributed by atoms with Gasteiger partial charge in [0, 0.05) is 37.7 Å². The van der Waals surface area contributed by atoms with Crippen LogP contribution in [0.5, 0.6) is 0 Å². The lowest BCUT2D eigenvalue weighted by molar-refractivity contribution is -0.128. The Morgan fingerprint density at radius 3 is 2.47 bits per heavy atom. The molecule has 0 aromatic heterocycles. The van der Waals surface area contributed by atoms with Crippen molar-refractivity contribution in [3.63, 3.8) is 0 Å². The molecule has 4 nitrogen and oxygen atoms in total. The number of amides is 1. The number of nitrogens with zero attached hydrogens (tertiary/aromatic N) is 2. The van der Waals surface area contributed by atoms with E-state index in [4.69, 9.17) is 0 Å². The van der Waals surface area contributed by atoms with E-state index < -0.39 is 0 Å². The first kappa shape index (κ1) is 11.0. The molecule has 0 atom stereocenters. The minimum absolute atomic E-state index is 0.00591. The summed E-state index contributed by atoms with van der Waals surface area (Å²) in [4.78, 5) is 26.4. The lowest BCUT2D eigenvalue weighted by atomic mass is 10.3. The molecule has 2 rings (SSSR count). The maximum absolute atomic E-state index is 11.3. The first-order valence-electron chi connectivity index (χ1n) is 5.35. The summed E-state index contributed by atoms with van der Waals surface area (Å²) in [5.41, 5.74) is 0. The summed E-state index contributed by atoms with van der Waals surface area (Å²) in [5, 5.41) is 0. The van der Waals surface area contributed by atoms with Crippen LogP contribution in [-0.2, 0) is 9.59 Å². The van der Waals surface area contributed by atoms with Gasteiger partial charge < -0.3 is 4.90 Å². The van der Waals surface area contributed by atoms with E-state index in [0.29, 0.717) is 6.54 Å². The lowest BCUT2D eigenvalue weighted by Gasteiger charge is -2.27. The van der Waals surface area contributed by atoms with Crippen LogP contribution in [0.3, 0.4) is 0 Å². The highest BCUT2D eigenvalue weighted by Crippen LogP contribution is 2.10. The van der Waals surface area contributed by atoms with Crippen LogP contribution < -0.4 is 0 Å². The third-order valence-electron chi connectivity index (χ3n) is 2.86. The van der Waals surface area contributed by atoms with Gasteiger partial charge in [-0.25, -0.2) is 0 Å². The summed E-state index contributed by atoms with van der Waals surface area (Å²) in [7, 11) is 0. The van der Waals surface area contributed by atoms with Crippen molar-refractivity contribution in [2.24, 2.45) is 0 Å². The normalized spacial score (nSPS) is 23.9. The molecule has 1 amide bonds. The molecule has 0 aromatic rings. The van der Waals surface area contributed by atoms with Gasteiger partial charge in [0.25, 0.3) is 0 Å². The third kappa shape index (κ3) is 2.95. The van der Waals surface area contributed by atoms with Gasteiger partial charge in [0.1, 0.15) is 0 Å². The molecule has 2 aliphatic heterocycles. The van der Waals surface area contributed by atoms with Crippen LogP contribution in [0.2, 0.25) is 0 Å². The van der Waals surface area contributed by atoms with E-state index in [1.165, 1.54) is 11.5 Å². The topological polar surface area (TPSA) is 40.6 Å². The average molecular weight is 228 g/mol. The van der Waals surface area contributed by atoms with E-state index in [9.17, 15) is 9.59 Å². The fourth-order valence-corrected chi connectivity index (χ4v) is 2.91. The predicted molar refractivity (Wildman–Crippen MR) is 60.0 cm³/mol. The molecule has 0 radical (unpaired) electrons. The highest BCUT2D eigenvalue weighted by atomic mass is 32.2. The first-order chi connectivity index (χ1) is 7.25. The van der Waals surface area contributed by atoms with Gasteiger partial charge in [-0.3, -0.25) is 14.5 Å². The van der Waals surface area contributed by atoms with Gasteiger partial charge >= 0.3 is 0 Å². The predicted octanol–water partition coefficient (Wildman–Crippen LogP) is -0.163. The zero-order valence-corrected chi connectivity index (χ0v) is 9.59. The molecule has 0 spiro atoms. The minimum Gasteiger partial charge on any atom is -0.334 e. The average Bonchev–Trinajstić information content (AvgIpc) is 2.56. The first-order valence-corrected chi connectivity index (χ1v) is 6.51. The largest absolute Gasteiger partial charge is 0.334 e. The van der Waals surface area contributed by atoms with Crippen molar-refractivity contribution < 1.29 is 9.59 Å². The summed E-state index contributed by atoms with van der Waals surface area (Å²) in [6.45, 7) is 4.19. The van der Waals surface area contributed by atoms with Crippen molar-refractivity contribution in [1.82, 2.24) is 9.80 Å². The number of Topliss-reactive ketones (excluding diaryl/α,β-unsaturated/α-hetero) is 1. The summed E-state index contributed by atoms with van der Waals surface area (Å²) < 4.78 is 0. The van der Waals surface area contributed by atoms with Gasteiger partial charge in [0.05, 0.1) is 13.0 Å². The van der Waals surface area contributed by atoms with Gasteiger partial charge in [0.15, 0.2) is 5.78 Å². The number of carbonyl (C=O) groups is 2. The van der Waals surface area contributed by atoms with Crippen molar-refractivity contribution in [1.29, 1.82) is 0 Å². The molecular weight excluding hydrogens is 212 g/mol. The molecular formula is C10H16N2O2S. The zero-order valence-electron chi connectivity index (χ0n) is 8.78. The van der Waals surface area contributed by atoms with Crippen LogP contribution in [0.4, 0.5) is 0 Å². The molecule has 2 heterocycles. The number of hydrogen-bond acceptors (Lipinski definition) is 4. The molecule has 2 saturated heterocycles. The third-order valence-corrected chi connectivity index (χ3v) is 3.80. The molecule has 0 N–H and O–H groups in total. The van der Waals surface area contributed by atoms with E-state index in [2.05, 4.69) is 4.90 Å². The molecule has 2 fully saturated rings. The second-order valence-electron chi connectivity index (χ2n) is 3.98. The van der Waals surface area contributed by atoms with Gasteiger partial charge in [-0.1, -0.05) is 0 Å². The Morgan fingerprint density at radius 2 is 1.87 bits per heavy atom. The second kappa shape index (κ2) is 4.99. The fourth-order valence-electron chi connectivity index (χ4n) is 1.93. The van der Waals surface area contributed by atoms with E-state index in [-0.39, 0.29) is 18.1 Å². The van der Waals surface area contributed by atoms with Crippen molar-refractivity contribution >= 4 is 23.5 Å². The van der Waals surface area contributed by atoms with Crippen molar-refractivity contribution in [2.75, 3.05) is 44.2 Å². The number of likely N-dealkylation sites (tertiary alicyclic amines) is 1. The molecule has 0 bridgehead atoms. The Morgan fingerprint density at radius 1 is 1.13 bits per heavy atom. The standard InChI is InChI=1S/C10H16N2O2S/c13-9-7-10(14)12(8-9)2-1-11-3-5-15-6-4-11/h1-8H2. The summed E-state index contributed by atoms with van der Waals surface area (Å²) in [5.74, 6) is 2.44. The zero-order chi connectivity index (χ0) is 10.7. The fraction of sp³-hybridized carbons (Fsp3) is 0.800. The van der Waals surface area contributed by atoms with Gasteiger partial charge in [-0.2, -0.15) is 11.8 Å². The summed E-state index contributed by atoms with van der Waals surface area (Å²) in [6.07, 6.45) is 0.121. The Balaban J connectivity index is 1.73. The quantitative estimate of drug-likeness (QED) is 0.629. The molecule has 5 heteroatoms. The number of hydrogen-bond donors (Lipinski definition) is 0. The van der Waals surface area contributed by atoms with E-state index >= 15 is 0 Å². The van der Waals surface area contributed by atoms with Crippen LogP contribution in [0.1, 0.15) is 6.42 Å². The number of ketones is 1. The smallest absolute Gasteiger partial charge is 0.230 e. The van der Waals surface area contributed by atoms with E-state index in [1.54, 1.807) is 4.90 Å². The molecule has 84 valence electrons. The van der Waals surface area contributed by atoms with Gasteiger partial charge in [-0.05, 0) is 0 Å². The monoisotopic (exact) mass is 228 g/mol. The van der Waals surface area contributed by atoms with Crippen LogP contribution in [0, 0.1) is 0 Å². The van der Waals surface area contributed by atoms with Gasteiger partial charge in [0.2, 0.25) is 5.91 Å². The Bertz CT molecular complexity index is 264. The molecule has 2 aliphatic rings. The lowest BCUT2D eigenvalue weighted by Crippen LogP contribution is -2.39. The minimum atomic E-state index is 0.00591. The van der Waals surface area contributed by atoms with Crippen LogP contribution >= 0.6 is 11.8 Å². The van der Waals surface area contributed by atoms with Gasteiger partial charge in [-0.15, -0.1) is 0 Å². The van der Waals surface area contributed by atoms with Crippen molar-refractivity contribution in [3.05, 3.63) is 0 Å². The Labute approximate surface area is 94.0 Å². The molecule has 0 unspecified atom stereocenters. The maximum Gasteiger partial charge on any atom is 0.230 e.